The summed E-state index contributed by atoms with van der Waals surface area (Å²) in [4.78, 5) is 36.4. The summed E-state index contributed by atoms with van der Waals surface area (Å²) in [7, 11) is 0. The first-order chi connectivity index (χ1) is 14.0. The number of carbonyl (C=O) groups excluding carboxylic acids is 3. The van der Waals surface area contributed by atoms with Gasteiger partial charge in [0.1, 0.15) is 0 Å². The maximum absolute atomic E-state index is 12.4. The van der Waals surface area contributed by atoms with Crippen molar-refractivity contribution >= 4 is 35.1 Å². The molecule has 2 N–H and O–H groups in total. The fourth-order valence-electron chi connectivity index (χ4n) is 2.42. The molecule has 0 fully saturated rings. The number of carbonyl (C=O) groups is 3. The van der Waals surface area contributed by atoms with Crippen LogP contribution < -0.4 is 10.6 Å². The lowest BCUT2D eigenvalue weighted by Gasteiger charge is -2.10. The van der Waals surface area contributed by atoms with E-state index in [1.807, 2.05) is 0 Å². The van der Waals surface area contributed by atoms with Gasteiger partial charge >= 0.3 is 5.97 Å². The summed E-state index contributed by atoms with van der Waals surface area (Å²) in [5.74, 6) is -1.59. The van der Waals surface area contributed by atoms with Gasteiger partial charge in [-0.05, 0) is 42.0 Å². The van der Waals surface area contributed by atoms with Crippen molar-refractivity contribution < 1.29 is 23.5 Å². The van der Waals surface area contributed by atoms with E-state index in [-0.39, 0.29) is 23.6 Å². The molecule has 3 rings (SSSR count). The average molecular weight is 413 g/mol. The van der Waals surface area contributed by atoms with Crippen LogP contribution in [0.4, 0.5) is 5.69 Å². The third-order valence-electron chi connectivity index (χ3n) is 3.88. The molecule has 7 nitrogen and oxygen atoms in total. The molecule has 0 atom stereocenters. The van der Waals surface area contributed by atoms with Crippen molar-refractivity contribution in [3.63, 3.8) is 0 Å². The van der Waals surface area contributed by atoms with Crippen LogP contribution in [0.1, 0.15) is 26.5 Å². The topological polar surface area (TPSA) is 97.6 Å². The van der Waals surface area contributed by atoms with Gasteiger partial charge in [0.2, 0.25) is 0 Å². The van der Waals surface area contributed by atoms with Gasteiger partial charge in [-0.25, -0.2) is 4.79 Å². The molecule has 0 saturated carbocycles. The van der Waals surface area contributed by atoms with Gasteiger partial charge in [0.15, 0.2) is 12.4 Å². The Bertz CT molecular complexity index is 1000. The van der Waals surface area contributed by atoms with E-state index in [1.165, 1.54) is 18.4 Å². The first-order valence-corrected chi connectivity index (χ1v) is 9.03. The van der Waals surface area contributed by atoms with E-state index in [0.717, 1.165) is 5.56 Å². The van der Waals surface area contributed by atoms with Crippen LogP contribution in [0, 0.1) is 0 Å². The highest BCUT2D eigenvalue weighted by atomic mass is 35.5. The minimum atomic E-state index is -0.734. The van der Waals surface area contributed by atoms with Crippen molar-refractivity contribution in [1.82, 2.24) is 5.32 Å². The van der Waals surface area contributed by atoms with Gasteiger partial charge in [-0.2, -0.15) is 0 Å². The van der Waals surface area contributed by atoms with Gasteiger partial charge in [0, 0.05) is 11.6 Å². The van der Waals surface area contributed by atoms with Gasteiger partial charge < -0.3 is 19.8 Å². The Labute approximate surface area is 171 Å². The fraction of sp³-hybridized carbons (Fsp3) is 0.0952. The Morgan fingerprint density at radius 2 is 1.72 bits per heavy atom. The smallest absolute Gasteiger partial charge is 0.340 e. The number of anilines is 1. The number of para-hydroxylation sites is 1. The third-order valence-corrected chi connectivity index (χ3v) is 4.13. The Morgan fingerprint density at radius 3 is 2.45 bits per heavy atom. The maximum Gasteiger partial charge on any atom is 0.340 e. The number of furan rings is 1. The van der Waals surface area contributed by atoms with E-state index >= 15 is 0 Å². The SMILES string of the molecule is O=C(COC(=O)c1ccccc1NC(=O)c1ccco1)NCc1ccc(Cl)cc1. The van der Waals surface area contributed by atoms with Crippen LogP contribution in [0.5, 0.6) is 0 Å². The number of benzene rings is 2. The summed E-state index contributed by atoms with van der Waals surface area (Å²) < 4.78 is 10.1. The molecule has 0 radical (unpaired) electrons. The summed E-state index contributed by atoms with van der Waals surface area (Å²) in [6.07, 6.45) is 1.37. The highest BCUT2D eigenvalue weighted by Crippen LogP contribution is 2.17. The summed E-state index contributed by atoms with van der Waals surface area (Å²) in [5, 5.41) is 5.84. The number of ether oxygens (including phenoxy) is 1. The number of hydrogen-bond donors (Lipinski definition) is 2. The fourth-order valence-corrected chi connectivity index (χ4v) is 2.55. The van der Waals surface area contributed by atoms with Crippen LogP contribution in [-0.2, 0) is 16.1 Å². The van der Waals surface area contributed by atoms with E-state index in [2.05, 4.69) is 10.6 Å². The number of nitrogens with one attached hydrogen (secondary N) is 2. The normalized spacial score (nSPS) is 10.2. The van der Waals surface area contributed by atoms with Crippen LogP contribution >= 0.6 is 11.6 Å². The molecule has 0 spiro atoms. The Morgan fingerprint density at radius 1 is 0.966 bits per heavy atom. The predicted octanol–water partition coefficient (Wildman–Crippen LogP) is 3.66. The first-order valence-electron chi connectivity index (χ1n) is 8.65. The van der Waals surface area contributed by atoms with Gasteiger partial charge in [-0.1, -0.05) is 35.9 Å². The second-order valence-electron chi connectivity index (χ2n) is 5.96. The van der Waals surface area contributed by atoms with Crippen molar-refractivity contribution in [2.45, 2.75) is 6.54 Å². The number of amides is 2. The van der Waals surface area contributed by atoms with Crippen LogP contribution in [0.15, 0.2) is 71.3 Å². The lowest BCUT2D eigenvalue weighted by Crippen LogP contribution is -2.28. The van der Waals surface area contributed by atoms with Gasteiger partial charge in [0.25, 0.3) is 11.8 Å². The second kappa shape index (κ2) is 9.57. The second-order valence-corrected chi connectivity index (χ2v) is 6.39. The molecular formula is C21H17ClN2O5. The zero-order valence-electron chi connectivity index (χ0n) is 15.2. The zero-order chi connectivity index (χ0) is 20.6. The molecule has 0 bridgehead atoms. The number of rotatable bonds is 7. The highest BCUT2D eigenvalue weighted by Gasteiger charge is 2.17. The molecule has 2 aromatic carbocycles. The molecular weight excluding hydrogens is 396 g/mol. The molecule has 1 heterocycles. The quantitative estimate of drug-likeness (QED) is 0.577. The lowest BCUT2D eigenvalue weighted by atomic mass is 10.1. The van der Waals surface area contributed by atoms with E-state index in [9.17, 15) is 14.4 Å². The zero-order valence-corrected chi connectivity index (χ0v) is 15.9. The van der Waals surface area contributed by atoms with Crippen LogP contribution in [0.2, 0.25) is 5.02 Å². The number of halogens is 1. The highest BCUT2D eigenvalue weighted by molar-refractivity contribution is 6.30. The van der Waals surface area contributed by atoms with Gasteiger partial charge in [-0.3, -0.25) is 9.59 Å². The average Bonchev–Trinajstić information content (AvgIpc) is 3.27. The van der Waals surface area contributed by atoms with Crippen LogP contribution in [0.3, 0.4) is 0 Å². The molecule has 29 heavy (non-hydrogen) atoms. The lowest BCUT2D eigenvalue weighted by molar-refractivity contribution is -0.124. The minimum Gasteiger partial charge on any atom is -0.459 e. The van der Waals surface area contributed by atoms with Crippen molar-refractivity contribution in [2.75, 3.05) is 11.9 Å². The van der Waals surface area contributed by atoms with Crippen molar-refractivity contribution in [3.05, 3.63) is 88.8 Å². The Kier molecular flexibility index (Phi) is 6.65. The molecule has 148 valence electrons. The monoisotopic (exact) mass is 412 g/mol. The van der Waals surface area contributed by atoms with Crippen LogP contribution in [-0.4, -0.2) is 24.4 Å². The summed E-state index contributed by atoms with van der Waals surface area (Å²) in [6.45, 7) is -0.170. The summed E-state index contributed by atoms with van der Waals surface area (Å²) >= 11 is 5.81. The summed E-state index contributed by atoms with van der Waals surface area (Å²) in [5.41, 5.74) is 1.23. The third kappa shape index (κ3) is 5.70. The maximum atomic E-state index is 12.4. The van der Waals surface area contributed by atoms with E-state index in [4.69, 9.17) is 20.8 Å². The molecule has 0 saturated heterocycles. The van der Waals surface area contributed by atoms with E-state index in [0.29, 0.717) is 5.02 Å². The van der Waals surface area contributed by atoms with Crippen molar-refractivity contribution in [2.24, 2.45) is 0 Å². The van der Waals surface area contributed by atoms with Crippen molar-refractivity contribution in [3.8, 4) is 0 Å². The predicted molar refractivity (Wildman–Crippen MR) is 107 cm³/mol. The molecule has 0 unspecified atom stereocenters. The van der Waals surface area contributed by atoms with Gasteiger partial charge in [0.05, 0.1) is 17.5 Å². The molecule has 1 aromatic heterocycles. The summed E-state index contributed by atoms with van der Waals surface area (Å²) in [6, 6.07) is 16.4. The standard InChI is InChI=1S/C21H17ClN2O5/c22-15-9-7-14(8-10-15)12-23-19(25)13-29-21(27)16-4-1-2-5-17(16)24-20(26)18-6-3-11-28-18/h1-11H,12-13H2,(H,23,25)(H,24,26). The largest absolute Gasteiger partial charge is 0.459 e. The number of hydrogen-bond acceptors (Lipinski definition) is 5. The van der Waals surface area contributed by atoms with Crippen LogP contribution in [0.25, 0.3) is 0 Å². The van der Waals surface area contributed by atoms with E-state index < -0.39 is 24.4 Å². The molecule has 0 aliphatic heterocycles. The van der Waals surface area contributed by atoms with E-state index in [1.54, 1.807) is 48.5 Å². The molecule has 0 aliphatic rings. The molecule has 8 heteroatoms. The molecule has 2 amide bonds. The Balaban J connectivity index is 1.54. The first kappa shape index (κ1) is 20.2. The number of esters is 1. The van der Waals surface area contributed by atoms with Crippen molar-refractivity contribution in [1.29, 1.82) is 0 Å². The molecule has 0 aliphatic carbocycles. The Hall–Kier alpha value is -3.58. The minimum absolute atomic E-state index is 0.106. The van der Waals surface area contributed by atoms with Gasteiger partial charge in [-0.15, -0.1) is 0 Å². The molecule has 3 aromatic rings.